The maximum absolute atomic E-state index is 14.8. The predicted molar refractivity (Wildman–Crippen MR) is 153 cm³/mol. The molecule has 6 rings (SSSR count). The van der Waals surface area contributed by atoms with Crippen LogP contribution in [0.1, 0.15) is 30.9 Å². The highest BCUT2D eigenvalue weighted by Crippen LogP contribution is 2.36. The van der Waals surface area contributed by atoms with Gasteiger partial charge >= 0.3 is 0 Å². The third-order valence-corrected chi connectivity index (χ3v) is 7.94. The van der Waals surface area contributed by atoms with Crippen LogP contribution in [0, 0.1) is 17.5 Å². The van der Waals surface area contributed by atoms with Crippen LogP contribution in [-0.4, -0.2) is 63.9 Å². The van der Waals surface area contributed by atoms with Crippen molar-refractivity contribution >= 4 is 5.95 Å². The molecule has 1 aliphatic heterocycles. The molecule has 1 aliphatic rings. The quantitative estimate of drug-likeness (QED) is 0.262. The molecule has 2 aromatic carbocycles. The van der Waals surface area contributed by atoms with Crippen molar-refractivity contribution in [2.75, 3.05) is 25.4 Å². The molecule has 0 bridgehead atoms. The number of halogens is 3. The summed E-state index contributed by atoms with van der Waals surface area (Å²) in [5.41, 5.74) is 7.10. The minimum Gasteiger partial charge on any atom is -0.383 e. The molecule has 43 heavy (non-hydrogen) atoms. The largest absolute Gasteiger partial charge is 0.383 e. The smallest absolute Gasteiger partial charge is 0.220 e. The number of imidazole rings is 1. The van der Waals surface area contributed by atoms with Crippen LogP contribution in [0.25, 0.3) is 22.6 Å². The van der Waals surface area contributed by atoms with E-state index in [2.05, 4.69) is 34.5 Å². The highest BCUT2D eigenvalue weighted by molar-refractivity contribution is 5.77. The van der Waals surface area contributed by atoms with E-state index in [9.17, 15) is 18.3 Å². The molecule has 0 aliphatic carbocycles. The summed E-state index contributed by atoms with van der Waals surface area (Å²) < 4.78 is 45.6. The molecule has 1 saturated heterocycles. The number of aromatic nitrogens is 7. The average Bonchev–Trinajstić information content (AvgIpc) is 3.67. The van der Waals surface area contributed by atoms with E-state index in [0.29, 0.717) is 31.0 Å². The van der Waals surface area contributed by atoms with Crippen LogP contribution in [0.3, 0.4) is 0 Å². The Morgan fingerprint density at radius 2 is 1.72 bits per heavy atom. The topological polar surface area (TPSA) is 124 Å². The molecule has 10 nitrogen and oxygen atoms in total. The SMILES string of the molecule is Nc1nccc(-c2c(-c3ccc(F)cc3)ncn2C2CCN(CCC(O)(Cn3cncn3)c3ccc(F)cc3F)CC2)n1. The second-order valence-electron chi connectivity index (χ2n) is 10.7. The van der Waals surface area contributed by atoms with Gasteiger partial charge in [-0.2, -0.15) is 5.10 Å². The molecule has 3 N–H and O–H groups in total. The second-order valence-corrected chi connectivity index (χ2v) is 10.7. The minimum atomic E-state index is -1.63. The standard InChI is InChI=1S/C30H30F3N9O/c31-21-3-1-20(2-4-21)27-28(26-7-11-36-29(34)39-26)42(19-37-27)23-8-12-40(13-9-23)14-10-30(43,16-41-18-35-17-38-41)24-6-5-22(32)15-25(24)33/h1-7,11,15,17-19,23,43H,8-10,12-14,16H2,(H2,34,36,39). The van der Waals surface area contributed by atoms with Gasteiger partial charge in [-0.1, -0.05) is 6.07 Å². The van der Waals surface area contributed by atoms with E-state index in [1.165, 1.54) is 35.5 Å². The van der Waals surface area contributed by atoms with E-state index in [4.69, 9.17) is 5.73 Å². The van der Waals surface area contributed by atoms with E-state index >= 15 is 0 Å². The summed E-state index contributed by atoms with van der Waals surface area (Å²) in [7, 11) is 0. The highest BCUT2D eigenvalue weighted by atomic mass is 19.1. The number of likely N-dealkylation sites (tertiary alicyclic amines) is 1. The zero-order chi connectivity index (χ0) is 30.0. The first kappa shape index (κ1) is 28.5. The molecule has 0 saturated carbocycles. The molecule has 0 spiro atoms. The second kappa shape index (κ2) is 11.9. The Hall–Kier alpha value is -4.62. The fourth-order valence-corrected chi connectivity index (χ4v) is 5.73. The summed E-state index contributed by atoms with van der Waals surface area (Å²) in [5, 5.41) is 15.7. The first-order valence-electron chi connectivity index (χ1n) is 13.9. The molecular weight excluding hydrogens is 559 g/mol. The van der Waals surface area contributed by atoms with Crippen molar-refractivity contribution in [1.29, 1.82) is 0 Å². The van der Waals surface area contributed by atoms with E-state index in [1.807, 2.05) is 0 Å². The molecule has 3 aromatic heterocycles. The van der Waals surface area contributed by atoms with Crippen molar-refractivity contribution in [2.45, 2.75) is 37.5 Å². The Balaban J connectivity index is 1.20. The van der Waals surface area contributed by atoms with Gasteiger partial charge in [0.1, 0.15) is 35.7 Å². The van der Waals surface area contributed by atoms with Gasteiger partial charge in [-0.25, -0.2) is 37.8 Å². The third-order valence-electron chi connectivity index (χ3n) is 7.94. The Kier molecular flexibility index (Phi) is 7.91. The van der Waals surface area contributed by atoms with E-state index in [1.54, 1.807) is 30.7 Å². The van der Waals surface area contributed by atoms with Gasteiger partial charge in [-0.05, 0) is 55.7 Å². The van der Waals surface area contributed by atoms with Gasteiger partial charge in [-0.15, -0.1) is 0 Å². The summed E-state index contributed by atoms with van der Waals surface area (Å²) in [6.07, 6.45) is 7.92. The Morgan fingerprint density at radius 1 is 0.953 bits per heavy atom. The van der Waals surface area contributed by atoms with Crippen molar-refractivity contribution in [3.05, 3.63) is 96.7 Å². The summed E-state index contributed by atoms with van der Waals surface area (Å²) in [5.74, 6) is -1.71. The number of rotatable bonds is 9. The van der Waals surface area contributed by atoms with Crippen molar-refractivity contribution < 1.29 is 18.3 Å². The summed E-state index contributed by atoms with van der Waals surface area (Å²) in [6, 6.07) is 11.2. The van der Waals surface area contributed by atoms with Crippen molar-refractivity contribution in [2.24, 2.45) is 0 Å². The molecule has 0 amide bonds. The van der Waals surface area contributed by atoms with E-state index in [0.717, 1.165) is 36.2 Å². The monoisotopic (exact) mass is 589 g/mol. The molecular formula is C30H30F3N9O. The lowest BCUT2D eigenvalue weighted by Crippen LogP contribution is -2.40. The first-order valence-corrected chi connectivity index (χ1v) is 13.9. The summed E-state index contributed by atoms with van der Waals surface area (Å²) in [4.78, 5) is 19.3. The summed E-state index contributed by atoms with van der Waals surface area (Å²) >= 11 is 0. The molecule has 1 atom stereocenters. The molecule has 5 aromatic rings. The molecule has 13 heteroatoms. The zero-order valence-electron chi connectivity index (χ0n) is 23.2. The van der Waals surface area contributed by atoms with Crippen LogP contribution in [0.15, 0.2) is 73.7 Å². The van der Waals surface area contributed by atoms with Crippen LogP contribution < -0.4 is 5.73 Å². The van der Waals surface area contributed by atoms with Crippen molar-refractivity contribution in [3.8, 4) is 22.6 Å². The number of nitrogen functional groups attached to an aromatic ring is 1. The van der Waals surface area contributed by atoms with E-state index in [-0.39, 0.29) is 36.3 Å². The van der Waals surface area contributed by atoms with Gasteiger partial charge in [0, 0.05) is 49.1 Å². The molecule has 222 valence electrons. The van der Waals surface area contributed by atoms with Gasteiger partial charge in [0.2, 0.25) is 5.95 Å². The molecule has 4 heterocycles. The van der Waals surface area contributed by atoms with Gasteiger partial charge in [-0.3, -0.25) is 0 Å². The maximum Gasteiger partial charge on any atom is 0.220 e. The number of piperidine rings is 1. The Labute approximate surface area is 245 Å². The maximum atomic E-state index is 14.8. The number of anilines is 1. The Morgan fingerprint density at radius 3 is 2.42 bits per heavy atom. The lowest BCUT2D eigenvalue weighted by molar-refractivity contribution is -0.00800. The van der Waals surface area contributed by atoms with Crippen LogP contribution in [-0.2, 0) is 12.1 Å². The van der Waals surface area contributed by atoms with Gasteiger partial charge in [0.15, 0.2) is 0 Å². The van der Waals surface area contributed by atoms with Crippen molar-refractivity contribution in [3.63, 3.8) is 0 Å². The van der Waals surface area contributed by atoms with Crippen LogP contribution in [0.2, 0.25) is 0 Å². The molecule has 0 radical (unpaired) electrons. The van der Waals surface area contributed by atoms with Crippen LogP contribution >= 0.6 is 0 Å². The van der Waals surface area contributed by atoms with Crippen LogP contribution in [0.5, 0.6) is 0 Å². The number of nitrogens with two attached hydrogens (primary N) is 1. The Bertz CT molecular complexity index is 1690. The number of hydrogen-bond acceptors (Lipinski definition) is 8. The molecule has 1 fully saturated rings. The average molecular weight is 590 g/mol. The predicted octanol–water partition coefficient (Wildman–Crippen LogP) is 4.21. The fourth-order valence-electron chi connectivity index (χ4n) is 5.73. The van der Waals surface area contributed by atoms with Gasteiger partial charge in [0.25, 0.3) is 0 Å². The van der Waals surface area contributed by atoms with Crippen molar-refractivity contribution in [1.82, 2.24) is 39.2 Å². The fraction of sp³-hybridized carbons (Fsp3) is 0.300. The molecule has 1 unspecified atom stereocenters. The van der Waals surface area contributed by atoms with Gasteiger partial charge < -0.3 is 20.3 Å². The van der Waals surface area contributed by atoms with E-state index < -0.39 is 17.2 Å². The summed E-state index contributed by atoms with van der Waals surface area (Å²) in [6.45, 7) is 1.88. The number of benzene rings is 2. The third kappa shape index (κ3) is 6.13. The number of nitrogens with zero attached hydrogens (tertiary/aromatic N) is 8. The highest BCUT2D eigenvalue weighted by Gasteiger charge is 2.35. The minimum absolute atomic E-state index is 0.0137. The zero-order valence-corrected chi connectivity index (χ0v) is 23.2. The lowest BCUT2D eigenvalue weighted by Gasteiger charge is -2.36. The normalized spacial score (nSPS) is 15.9. The number of hydrogen-bond donors (Lipinski definition) is 2. The number of aliphatic hydroxyl groups is 1. The lowest BCUT2D eigenvalue weighted by atomic mass is 9.89. The van der Waals surface area contributed by atoms with Crippen LogP contribution in [0.4, 0.5) is 19.1 Å². The van der Waals surface area contributed by atoms with Gasteiger partial charge in [0.05, 0.1) is 30.0 Å². The first-order chi connectivity index (χ1) is 20.8.